The first kappa shape index (κ1) is 14.8. The third kappa shape index (κ3) is 2.52. The fraction of sp³-hybridized carbons (Fsp3) is 0.588. The van der Waals surface area contributed by atoms with Crippen LogP contribution in [0.4, 0.5) is 0 Å². The van der Waals surface area contributed by atoms with Crippen LogP contribution in [0.15, 0.2) is 0 Å². The lowest BCUT2D eigenvalue weighted by atomic mass is 9.75. The zero-order valence-corrected chi connectivity index (χ0v) is 14.0. The molecule has 0 saturated carbocycles. The maximum Gasteiger partial charge on any atom is 0.166 e. The van der Waals surface area contributed by atoms with Gasteiger partial charge in [0.2, 0.25) is 0 Å². The first-order valence-electron chi connectivity index (χ1n) is 7.18. The highest BCUT2D eigenvalue weighted by atomic mass is 79.9. The quantitative estimate of drug-likeness (QED) is 0.728. The summed E-state index contributed by atoms with van der Waals surface area (Å²) in [7, 11) is 0. The van der Waals surface area contributed by atoms with E-state index in [9.17, 15) is 4.79 Å². The van der Waals surface area contributed by atoms with E-state index in [4.69, 9.17) is 0 Å². The van der Waals surface area contributed by atoms with Gasteiger partial charge in [0.05, 0.1) is 0 Å². The standard InChI is InChI=1S/C17H23BrO/c1-10-11(2)13(4)16-15(12(10)3)8-7-14(17(16)19)6-5-9-18/h14H,5-9H2,1-4H3. The Hall–Kier alpha value is -0.630. The predicted octanol–water partition coefficient (Wildman–Crippen LogP) is 4.84. The van der Waals surface area contributed by atoms with E-state index in [1.165, 1.54) is 27.8 Å². The minimum absolute atomic E-state index is 0.241. The number of ketones is 1. The molecule has 1 aromatic rings. The molecule has 0 aromatic heterocycles. The molecule has 2 rings (SSSR count). The van der Waals surface area contributed by atoms with Crippen LogP contribution in [-0.4, -0.2) is 11.1 Å². The van der Waals surface area contributed by atoms with Crippen LogP contribution in [0, 0.1) is 33.6 Å². The number of fused-ring (bicyclic) bond motifs is 1. The lowest BCUT2D eigenvalue weighted by Crippen LogP contribution is -2.25. The fourth-order valence-corrected chi connectivity index (χ4v) is 3.61. The van der Waals surface area contributed by atoms with Gasteiger partial charge in [-0.25, -0.2) is 0 Å². The van der Waals surface area contributed by atoms with E-state index in [2.05, 4.69) is 43.6 Å². The van der Waals surface area contributed by atoms with Crippen molar-refractivity contribution >= 4 is 21.7 Å². The van der Waals surface area contributed by atoms with Gasteiger partial charge in [0.25, 0.3) is 0 Å². The van der Waals surface area contributed by atoms with Crippen molar-refractivity contribution in [2.75, 3.05) is 5.33 Å². The van der Waals surface area contributed by atoms with Gasteiger partial charge in [0, 0.05) is 16.8 Å². The maximum atomic E-state index is 12.7. The molecule has 1 aromatic carbocycles. The summed E-state index contributed by atoms with van der Waals surface area (Å²) in [6.07, 6.45) is 4.22. The second-order valence-electron chi connectivity index (χ2n) is 5.78. The van der Waals surface area contributed by atoms with Gasteiger partial charge in [-0.3, -0.25) is 4.79 Å². The normalized spacial score (nSPS) is 18.6. The molecule has 104 valence electrons. The molecule has 0 radical (unpaired) electrons. The Labute approximate surface area is 124 Å². The maximum absolute atomic E-state index is 12.7. The summed E-state index contributed by atoms with van der Waals surface area (Å²) in [5, 5.41) is 0.995. The molecule has 0 aliphatic heterocycles. The highest BCUT2D eigenvalue weighted by Gasteiger charge is 2.30. The second kappa shape index (κ2) is 5.78. The van der Waals surface area contributed by atoms with Gasteiger partial charge in [-0.15, -0.1) is 0 Å². The fourth-order valence-electron chi connectivity index (χ4n) is 3.29. The van der Waals surface area contributed by atoms with Gasteiger partial charge in [0.1, 0.15) is 0 Å². The van der Waals surface area contributed by atoms with Crippen LogP contribution in [-0.2, 0) is 6.42 Å². The van der Waals surface area contributed by atoms with E-state index in [-0.39, 0.29) is 5.92 Å². The molecule has 0 fully saturated rings. The molecule has 1 aliphatic rings. The first-order valence-corrected chi connectivity index (χ1v) is 8.30. The molecule has 0 amide bonds. The van der Waals surface area contributed by atoms with E-state index in [0.29, 0.717) is 5.78 Å². The van der Waals surface area contributed by atoms with E-state index in [0.717, 1.165) is 36.6 Å². The van der Waals surface area contributed by atoms with Crippen LogP contribution in [0.5, 0.6) is 0 Å². The monoisotopic (exact) mass is 322 g/mol. The van der Waals surface area contributed by atoms with E-state index in [1.807, 2.05) is 0 Å². The van der Waals surface area contributed by atoms with Gasteiger partial charge in [-0.2, -0.15) is 0 Å². The van der Waals surface area contributed by atoms with Gasteiger partial charge in [0.15, 0.2) is 5.78 Å². The van der Waals surface area contributed by atoms with Crippen LogP contribution >= 0.6 is 15.9 Å². The number of benzene rings is 1. The lowest BCUT2D eigenvalue weighted by molar-refractivity contribution is 0.0893. The summed E-state index contributed by atoms with van der Waals surface area (Å²) in [6.45, 7) is 8.62. The number of Topliss-reactive ketones (excluding diaryl/α,β-unsaturated/α-hetero) is 1. The van der Waals surface area contributed by atoms with Crippen molar-refractivity contribution in [2.24, 2.45) is 5.92 Å². The molecule has 0 bridgehead atoms. The number of hydrogen-bond donors (Lipinski definition) is 0. The molecule has 1 nitrogen and oxygen atoms in total. The molecule has 0 saturated heterocycles. The largest absolute Gasteiger partial charge is 0.294 e. The van der Waals surface area contributed by atoms with Crippen molar-refractivity contribution in [2.45, 2.75) is 53.4 Å². The average molecular weight is 323 g/mol. The molecule has 1 atom stereocenters. The Kier molecular flexibility index (Phi) is 4.50. The Morgan fingerprint density at radius 2 is 1.68 bits per heavy atom. The SMILES string of the molecule is Cc1c(C)c(C)c2c(c1C)CCC(CCCBr)C2=O. The molecule has 2 heteroatoms. The minimum Gasteiger partial charge on any atom is -0.294 e. The summed E-state index contributed by atoms with van der Waals surface area (Å²) in [5.74, 6) is 0.635. The lowest BCUT2D eigenvalue weighted by Gasteiger charge is -2.28. The summed E-state index contributed by atoms with van der Waals surface area (Å²) >= 11 is 3.46. The summed E-state index contributed by atoms with van der Waals surface area (Å²) in [4.78, 5) is 12.7. The van der Waals surface area contributed by atoms with E-state index >= 15 is 0 Å². The number of carbonyl (C=O) groups excluding carboxylic acids is 1. The molecular weight excluding hydrogens is 300 g/mol. The third-order valence-electron chi connectivity index (χ3n) is 4.86. The van der Waals surface area contributed by atoms with Crippen LogP contribution in [0.1, 0.15) is 57.4 Å². The van der Waals surface area contributed by atoms with Crippen LogP contribution in [0.25, 0.3) is 0 Å². The van der Waals surface area contributed by atoms with Crippen molar-refractivity contribution in [3.05, 3.63) is 33.4 Å². The average Bonchev–Trinajstić information content (AvgIpc) is 2.41. The third-order valence-corrected chi connectivity index (χ3v) is 5.42. The Morgan fingerprint density at radius 1 is 1.05 bits per heavy atom. The van der Waals surface area contributed by atoms with Crippen molar-refractivity contribution in [1.82, 2.24) is 0 Å². The first-order chi connectivity index (χ1) is 8.99. The number of rotatable bonds is 3. The molecule has 1 unspecified atom stereocenters. The van der Waals surface area contributed by atoms with E-state index < -0.39 is 0 Å². The van der Waals surface area contributed by atoms with E-state index in [1.54, 1.807) is 0 Å². The smallest absolute Gasteiger partial charge is 0.166 e. The summed E-state index contributed by atoms with van der Waals surface area (Å²) in [6, 6.07) is 0. The van der Waals surface area contributed by atoms with Gasteiger partial charge in [-0.05, 0) is 81.2 Å². The Balaban J connectivity index is 2.46. The Bertz CT molecular complexity index is 517. The molecule has 19 heavy (non-hydrogen) atoms. The van der Waals surface area contributed by atoms with Crippen molar-refractivity contribution < 1.29 is 4.79 Å². The van der Waals surface area contributed by atoms with Crippen LogP contribution < -0.4 is 0 Å². The zero-order chi connectivity index (χ0) is 14.2. The van der Waals surface area contributed by atoms with Crippen molar-refractivity contribution in [3.8, 4) is 0 Å². The summed E-state index contributed by atoms with van der Waals surface area (Å²) in [5.41, 5.74) is 7.58. The highest BCUT2D eigenvalue weighted by Crippen LogP contribution is 2.35. The number of carbonyl (C=O) groups is 1. The number of alkyl halides is 1. The molecule has 0 spiro atoms. The van der Waals surface area contributed by atoms with Gasteiger partial charge >= 0.3 is 0 Å². The van der Waals surface area contributed by atoms with Gasteiger partial charge in [-0.1, -0.05) is 15.9 Å². The van der Waals surface area contributed by atoms with Crippen molar-refractivity contribution in [3.63, 3.8) is 0 Å². The molecular formula is C17H23BrO. The topological polar surface area (TPSA) is 17.1 Å². The molecule has 1 aliphatic carbocycles. The van der Waals surface area contributed by atoms with Crippen LogP contribution in [0.2, 0.25) is 0 Å². The number of halogens is 1. The minimum atomic E-state index is 0.241. The predicted molar refractivity (Wildman–Crippen MR) is 84.6 cm³/mol. The van der Waals surface area contributed by atoms with Gasteiger partial charge < -0.3 is 0 Å². The Morgan fingerprint density at radius 3 is 2.32 bits per heavy atom. The molecule has 0 N–H and O–H groups in total. The second-order valence-corrected chi connectivity index (χ2v) is 6.58. The highest BCUT2D eigenvalue weighted by molar-refractivity contribution is 9.09. The molecule has 0 heterocycles. The zero-order valence-electron chi connectivity index (χ0n) is 12.4. The van der Waals surface area contributed by atoms with Crippen molar-refractivity contribution in [1.29, 1.82) is 0 Å². The summed E-state index contributed by atoms with van der Waals surface area (Å²) < 4.78 is 0. The van der Waals surface area contributed by atoms with Crippen LogP contribution in [0.3, 0.4) is 0 Å². The number of hydrogen-bond acceptors (Lipinski definition) is 1.